The van der Waals surface area contributed by atoms with E-state index in [2.05, 4.69) is 158 Å². The van der Waals surface area contributed by atoms with Crippen LogP contribution in [-0.4, -0.2) is 21.1 Å². The number of hydrogen-bond acceptors (Lipinski definition) is 4. The lowest BCUT2D eigenvalue weighted by atomic mass is 9.81. The molecule has 0 saturated carbocycles. The molecule has 0 bridgehead atoms. The van der Waals surface area contributed by atoms with Gasteiger partial charge in [0.05, 0.1) is 5.92 Å². The molecule has 7 aromatic carbocycles. The van der Waals surface area contributed by atoms with Crippen molar-refractivity contribution in [3.8, 4) is 39.9 Å². The lowest BCUT2D eigenvalue weighted by Gasteiger charge is -2.23. The molecule has 2 unspecified atom stereocenters. The Morgan fingerprint density at radius 1 is 0.429 bits per heavy atom. The number of fused-ring (bicyclic) bond motifs is 6. The molecule has 0 spiro atoms. The number of para-hydroxylation sites is 1. The summed E-state index contributed by atoms with van der Waals surface area (Å²) in [5, 5.41) is 6.96. The number of allylic oxidation sites excluding steroid dienone is 2. The van der Waals surface area contributed by atoms with Crippen molar-refractivity contribution in [2.45, 2.75) is 12.0 Å². The summed E-state index contributed by atoms with van der Waals surface area (Å²) in [6.07, 6.45) is 6.52. The Labute approximate surface area is 283 Å². The molecule has 2 aliphatic rings. The Kier molecular flexibility index (Phi) is 6.28. The van der Waals surface area contributed by atoms with Crippen molar-refractivity contribution in [1.82, 2.24) is 15.0 Å². The molecular formula is C45H29N3O. The molecule has 1 aliphatic heterocycles. The van der Waals surface area contributed by atoms with E-state index in [9.17, 15) is 0 Å². The van der Waals surface area contributed by atoms with Gasteiger partial charge in [0.1, 0.15) is 11.9 Å². The monoisotopic (exact) mass is 627 g/mol. The van der Waals surface area contributed by atoms with Crippen molar-refractivity contribution in [3.63, 3.8) is 0 Å². The van der Waals surface area contributed by atoms with Gasteiger partial charge >= 0.3 is 0 Å². The van der Waals surface area contributed by atoms with Crippen LogP contribution in [-0.2, 0) is 0 Å². The van der Waals surface area contributed by atoms with Gasteiger partial charge in [0.2, 0.25) is 0 Å². The molecule has 0 saturated heterocycles. The lowest BCUT2D eigenvalue weighted by molar-refractivity contribution is 0.271. The van der Waals surface area contributed by atoms with Crippen LogP contribution in [0, 0.1) is 0 Å². The Hall–Kier alpha value is -6.39. The summed E-state index contributed by atoms with van der Waals surface area (Å²) in [5.74, 6) is 3.08. The predicted molar refractivity (Wildman–Crippen MR) is 199 cm³/mol. The van der Waals surface area contributed by atoms with E-state index in [0.29, 0.717) is 17.5 Å². The van der Waals surface area contributed by atoms with Crippen LogP contribution in [0.1, 0.15) is 17.0 Å². The third-order valence-electron chi connectivity index (χ3n) is 9.84. The van der Waals surface area contributed by atoms with E-state index >= 15 is 0 Å². The minimum Gasteiger partial charge on any atom is -0.485 e. The molecule has 2 atom stereocenters. The van der Waals surface area contributed by atoms with Gasteiger partial charge in [-0.15, -0.1) is 0 Å². The van der Waals surface area contributed by atoms with Crippen molar-refractivity contribution in [2.75, 3.05) is 0 Å². The number of nitrogens with zero attached hydrogens (tertiary/aromatic N) is 3. The molecule has 1 aromatic heterocycles. The van der Waals surface area contributed by atoms with Gasteiger partial charge in [-0.05, 0) is 79.9 Å². The molecule has 2 heterocycles. The second kappa shape index (κ2) is 11.1. The number of hydrogen-bond donors (Lipinski definition) is 0. The van der Waals surface area contributed by atoms with E-state index in [1.807, 2.05) is 6.07 Å². The van der Waals surface area contributed by atoms with Crippen LogP contribution in [0.5, 0.6) is 5.75 Å². The average Bonchev–Trinajstić information content (AvgIpc) is 3.56. The average molecular weight is 628 g/mol. The fourth-order valence-electron chi connectivity index (χ4n) is 7.36. The van der Waals surface area contributed by atoms with E-state index in [-0.39, 0.29) is 12.0 Å². The molecular weight excluding hydrogens is 599 g/mol. The first kappa shape index (κ1) is 27.7. The molecule has 0 amide bonds. The molecule has 1 aliphatic carbocycles. The highest BCUT2D eigenvalue weighted by molar-refractivity contribution is 5.92. The molecule has 0 fully saturated rings. The van der Waals surface area contributed by atoms with Crippen LogP contribution in [0.25, 0.3) is 72.1 Å². The highest BCUT2D eigenvalue weighted by Crippen LogP contribution is 2.48. The van der Waals surface area contributed by atoms with Crippen LogP contribution >= 0.6 is 0 Å². The molecule has 0 radical (unpaired) electrons. The zero-order valence-electron chi connectivity index (χ0n) is 26.5. The van der Waals surface area contributed by atoms with Crippen molar-refractivity contribution < 1.29 is 4.74 Å². The largest absolute Gasteiger partial charge is 0.485 e. The highest BCUT2D eigenvalue weighted by Gasteiger charge is 2.36. The van der Waals surface area contributed by atoms with Gasteiger partial charge in [-0.25, -0.2) is 15.0 Å². The Morgan fingerprint density at radius 3 is 1.51 bits per heavy atom. The Morgan fingerprint density at radius 2 is 0.898 bits per heavy atom. The summed E-state index contributed by atoms with van der Waals surface area (Å²) >= 11 is 0. The smallest absolute Gasteiger partial charge is 0.164 e. The second-order valence-electron chi connectivity index (χ2n) is 12.8. The Bertz CT molecular complexity index is 2580. The number of ether oxygens (including phenoxy) is 1. The maximum Gasteiger partial charge on any atom is 0.164 e. The van der Waals surface area contributed by atoms with Gasteiger partial charge in [0, 0.05) is 22.3 Å². The molecule has 0 N–H and O–H groups in total. The SMILES string of the molecule is C1=CC2Oc3ccccc3C2C(c2ccc3ccc(-c4nc(-c5ccc6ccccc6c5)nc(-c5ccc6ccccc6c5)n4)cc3c2)=C1. The number of aromatic nitrogens is 3. The van der Waals surface area contributed by atoms with E-state index in [1.54, 1.807) is 0 Å². The summed E-state index contributed by atoms with van der Waals surface area (Å²) in [6.45, 7) is 0. The minimum absolute atomic E-state index is 0.00621. The summed E-state index contributed by atoms with van der Waals surface area (Å²) < 4.78 is 6.32. The quantitative estimate of drug-likeness (QED) is 0.195. The standard InChI is InChI=1S/C45H29N3O/c1-3-10-31-24-34(21-17-28(31)8-1)43-46-44(35-22-18-29-9-2-4-11-32(29)25-35)48-45(47-43)36-23-19-30-16-20-33(26-37(30)27-36)38-13-7-15-41-42(38)39-12-5-6-14-40(39)49-41/h1-27,41-42H. The molecule has 8 aromatic rings. The first-order chi connectivity index (χ1) is 24.2. The second-order valence-corrected chi connectivity index (χ2v) is 12.8. The summed E-state index contributed by atoms with van der Waals surface area (Å²) in [6, 6.07) is 51.1. The van der Waals surface area contributed by atoms with Gasteiger partial charge in [-0.3, -0.25) is 0 Å². The van der Waals surface area contributed by atoms with Crippen molar-refractivity contribution >= 4 is 37.9 Å². The maximum atomic E-state index is 6.32. The van der Waals surface area contributed by atoms with Gasteiger partial charge in [0.25, 0.3) is 0 Å². The van der Waals surface area contributed by atoms with Crippen molar-refractivity contribution in [2.24, 2.45) is 0 Å². The summed E-state index contributed by atoms with van der Waals surface area (Å²) in [7, 11) is 0. The first-order valence-corrected chi connectivity index (χ1v) is 16.7. The van der Waals surface area contributed by atoms with Crippen LogP contribution in [0.2, 0.25) is 0 Å². The van der Waals surface area contributed by atoms with E-state index in [4.69, 9.17) is 19.7 Å². The highest BCUT2D eigenvalue weighted by atomic mass is 16.5. The van der Waals surface area contributed by atoms with E-state index in [0.717, 1.165) is 44.0 Å². The molecule has 10 rings (SSSR count). The first-order valence-electron chi connectivity index (χ1n) is 16.7. The van der Waals surface area contributed by atoms with Gasteiger partial charge in [-0.2, -0.15) is 0 Å². The fourth-order valence-corrected chi connectivity index (χ4v) is 7.36. The summed E-state index contributed by atoms with van der Waals surface area (Å²) in [4.78, 5) is 15.2. The lowest BCUT2D eigenvalue weighted by Crippen LogP contribution is -2.19. The molecule has 4 heteroatoms. The predicted octanol–water partition coefficient (Wildman–Crippen LogP) is 10.8. The molecule has 4 nitrogen and oxygen atoms in total. The van der Waals surface area contributed by atoms with E-state index in [1.165, 1.54) is 27.5 Å². The van der Waals surface area contributed by atoms with Gasteiger partial charge < -0.3 is 4.74 Å². The van der Waals surface area contributed by atoms with Crippen LogP contribution in [0.3, 0.4) is 0 Å². The molecule has 230 valence electrons. The van der Waals surface area contributed by atoms with Crippen LogP contribution < -0.4 is 4.74 Å². The zero-order valence-corrected chi connectivity index (χ0v) is 26.5. The third kappa shape index (κ3) is 4.80. The summed E-state index contributed by atoms with van der Waals surface area (Å²) in [5.41, 5.74) is 6.55. The number of rotatable bonds is 4. The van der Waals surface area contributed by atoms with Crippen molar-refractivity contribution in [3.05, 3.63) is 175 Å². The van der Waals surface area contributed by atoms with Crippen molar-refractivity contribution in [1.29, 1.82) is 0 Å². The third-order valence-corrected chi connectivity index (χ3v) is 9.84. The Balaban J connectivity index is 1.11. The van der Waals surface area contributed by atoms with Crippen LogP contribution in [0.4, 0.5) is 0 Å². The van der Waals surface area contributed by atoms with Gasteiger partial charge in [-0.1, -0.05) is 127 Å². The number of benzene rings is 7. The topological polar surface area (TPSA) is 47.9 Å². The fraction of sp³-hybridized carbons (Fsp3) is 0.0444. The minimum atomic E-state index is 0.00621. The zero-order chi connectivity index (χ0) is 32.3. The molecule has 49 heavy (non-hydrogen) atoms. The van der Waals surface area contributed by atoms with E-state index < -0.39 is 0 Å². The van der Waals surface area contributed by atoms with Gasteiger partial charge in [0.15, 0.2) is 17.5 Å². The maximum absolute atomic E-state index is 6.32. The van der Waals surface area contributed by atoms with Crippen LogP contribution in [0.15, 0.2) is 164 Å². The normalized spacial score (nSPS) is 16.4.